The highest BCUT2D eigenvalue weighted by molar-refractivity contribution is 5.76. The van der Waals surface area contributed by atoms with Crippen LogP contribution >= 0.6 is 0 Å². The van der Waals surface area contributed by atoms with Crippen molar-refractivity contribution in [3.05, 3.63) is 0 Å². The van der Waals surface area contributed by atoms with E-state index in [4.69, 9.17) is 15.9 Å². The first-order chi connectivity index (χ1) is 5.57. The molecule has 0 amide bonds. The lowest BCUT2D eigenvalue weighted by molar-refractivity contribution is -0.186. The SMILES string of the molecule is NC1C(O)C(=O)OC(CO)C1O. The number of cyclic esters (lactones) is 1. The molecule has 0 aromatic heterocycles. The molecule has 0 radical (unpaired) electrons. The summed E-state index contributed by atoms with van der Waals surface area (Å²) in [5, 5.41) is 26.8. The normalized spacial score (nSPS) is 42.5. The Morgan fingerprint density at radius 2 is 2.08 bits per heavy atom. The van der Waals surface area contributed by atoms with Crippen molar-refractivity contribution in [2.45, 2.75) is 24.4 Å². The van der Waals surface area contributed by atoms with Gasteiger partial charge in [-0.2, -0.15) is 0 Å². The third kappa shape index (κ3) is 1.42. The van der Waals surface area contributed by atoms with E-state index in [1.807, 2.05) is 0 Å². The van der Waals surface area contributed by atoms with Crippen LogP contribution in [0, 0.1) is 0 Å². The van der Waals surface area contributed by atoms with Gasteiger partial charge in [0.25, 0.3) is 0 Å². The quantitative estimate of drug-likeness (QED) is 0.316. The van der Waals surface area contributed by atoms with E-state index in [9.17, 15) is 9.90 Å². The van der Waals surface area contributed by atoms with Crippen molar-refractivity contribution >= 4 is 5.97 Å². The van der Waals surface area contributed by atoms with Gasteiger partial charge in [0.1, 0.15) is 6.10 Å². The Balaban J connectivity index is 2.70. The van der Waals surface area contributed by atoms with Crippen molar-refractivity contribution in [1.29, 1.82) is 0 Å². The van der Waals surface area contributed by atoms with Gasteiger partial charge in [-0.3, -0.25) is 0 Å². The fraction of sp³-hybridized carbons (Fsp3) is 0.833. The number of ether oxygens (including phenoxy) is 1. The molecule has 1 aliphatic heterocycles. The lowest BCUT2D eigenvalue weighted by atomic mass is 9.98. The summed E-state index contributed by atoms with van der Waals surface area (Å²) in [6.45, 7) is -0.507. The van der Waals surface area contributed by atoms with Crippen LogP contribution < -0.4 is 5.73 Å². The van der Waals surface area contributed by atoms with Crippen LogP contribution in [-0.4, -0.2) is 52.2 Å². The van der Waals surface area contributed by atoms with Gasteiger partial charge in [-0.15, -0.1) is 0 Å². The van der Waals surface area contributed by atoms with E-state index in [1.165, 1.54) is 0 Å². The first-order valence-electron chi connectivity index (χ1n) is 3.51. The van der Waals surface area contributed by atoms with Gasteiger partial charge in [0.2, 0.25) is 0 Å². The maximum Gasteiger partial charge on any atom is 0.337 e. The average molecular weight is 177 g/mol. The number of esters is 1. The van der Waals surface area contributed by atoms with Gasteiger partial charge >= 0.3 is 5.97 Å². The van der Waals surface area contributed by atoms with E-state index >= 15 is 0 Å². The highest BCUT2D eigenvalue weighted by atomic mass is 16.6. The van der Waals surface area contributed by atoms with E-state index in [-0.39, 0.29) is 0 Å². The molecule has 12 heavy (non-hydrogen) atoms. The maximum absolute atomic E-state index is 10.7. The Hall–Kier alpha value is -0.690. The fourth-order valence-corrected chi connectivity index (χ4v) is 1.03. The lowest BCUT2D eigenvalue weighted by Gasteiger charge is -2.33. The van der Waals surface area contributed by atoms with E-state index in [2.05, 4.69) is 4.74 Å². The standard InChI is InChI=1S/C6H11NO5/c7-3-4(9)2(1-8)12-6(11)5(3)10/h2-5,8-10H,1,7H2. The van der Waals surface area contributed by atoms with Gasteiger partial charge < -0.3 is 25.8 Å². The molecule has 0 spiro atoms. The van der Waals surface area contributed by atoms with Gasteiger partial charge in [-0.1, -0.05) is 0 Å². The van der Waals surface area contributed by atoms with Gasteiger partial charge in [0.05, 0.1) is 12.6 Å². The molecule has 0 aliphatic carbocycles. The molecule has 0 saturated carbocycles. The second-order valence-electron chi connectivity index (χ2n) is 2.67. The molecule has 6 heteroatoms. The molecule has 6 nitrogen and oxygen atoms in total. The van der Waals surface area contributed by atoms with E-state index in [1.54, 1.807) is 0 Å². The molecule has 1 aliphatic rings. The Bertz CT molecular complexity index is 183. The monoisotopic (exact) mass is 177 g/mol. The molecule has 70 valence electrons. The summed E-state index contributed by atoms with van der Waals surface area (Å²) in [6.07, 6.45) is -3.76. The zero-order chi connectivity index (χ0) is 9.30. The fourth-order valence-electron chi connectivity index (χ4n) is 1.03. The first-order valence-corrected chi connectivity index (χ1v) is 3.51. The summed E-state index contributed by atoms with van der Waals surface area (Å²) in [7, 11) is 0. The molecular formula is C6H11NO5. The molecule has 1 rings (SSSR count). The third-order valence-electron chi connectivity index (χ3n) is 1.83. The highest BCUT2D eigenvalue weighted by Gasteiger charge is 2.42. The molecule has 0 aromatic rings. The Morgan fingerprint density at radius 1 is 1.50 bits per heavy atom. The van der Waals surface area contributed by atoms with Crippen molar-refractivity contribution in [3.63, 3.8) is 0 Å². The number of aliphatic hydroxyl groups is 3. The Morgan fingerprint density at radius 3 is 2.58 bits per heavy atom. The molecule has 1 saturated heterocycles. The molecule has 0 bridgehead atoms. The van der Waals surface area contributed by atoms with Crippen LogP contribution in [0.15, 0.2) is 0 Å². The largest absolute Gasteiger partial charge is 0.455 e. The topological polar surface area (TPSA) is 113 Å². The van der Waals surface area contributed by atoms with E-state index < -0.39 is 36.9 Å². The average Bonchev–Trinajstić information content (AvgIpc) is 2.08. The van der Waals surface area contributed by atoms with E-state index in [0.717, 1.165) is 0 Å². The van der Waals surface area contributed by atoms with Crippen molar-refractivity contribution in [2.24, 2.45) is 5.73 Å². The Labute approximate surface area is 68.6 Å². The van der Waals surface area contributed by atoms with Crippen molar-refractivity contribution in [2.75, 3.05) is 6.61 Å². The zero-order valence-electron chi connectivity index (χ0n) is 6.25. The maximum atomic E-state index is 10.7. The minimum atomic E-state index is -1.51. The number of carbonyl (C=O) groups excluding carboxylic acids is 1. The van der Waals surface area contributed by atoms with Crippen LogP contribution in [0.4, 0.5) is 0 Å². The van der Waals surface area contributed by atoms with Gasteiger partial charge in [0, 0.05) is 0 Å². The summed E-state index contributed by atoms with van der Waals surface area (Å²) in [5.74, 6) is -0.910. The molecule has 4 unspecified atom stereocenters. The number of hydrogen-bond acceptors (Lipinski definition) is 6. The van der Waals surface area contributed by atoms with Crippen molar-refractivity contribution in [3.8, 4) is 0 Å². The highest BCUT2D eigenvalue weighted by Crippen LogP contribution is 2.14. The summed E-state index contributed by atoms with van der Waals surface area (Å²) < 4.78 is 4.46. The van der Waals surface area contributed by atoms with Crippen LogP contribution in [0.1, 0.15) is 0 Å². The number of hydrogen-bond donors (Lipinski definition) is 4. The van der Waals surface area contributed by atoms with Crippen molar-refractivity contribution in [1.82, 2.24) is 0 Å². The Kier molecular flexibility index (Phi) is 2.63. The number of aliphatic hydroxyl groups excluding tert-OH is 3. The second-order valence-corrected chi connectivity index (χ2v) is 2.67. The molecule has 4 atom stereocenters. The van der Waals surface area contributed by atoms with Crippen molar-refractivity contribution < 1.29 is 24.9 Å². The molecule has 0 aromatic carbocycles. The van der Waals surface area contributed by atoms with Crippen LogP contribution in [0.3, 0.4) is 0 Å². The van der Waals surface area contributed by atoms with E-state index in [0.29, 0.717) is 0 Å². The van der Waals surface area contributed by atoms with Gasteiger partial charge in [-0.05, 0) is 0 Å². The van der Waals surface area contributed by atoms with Crippen LogP contribution in [0.25, 0.3) is 0 Å². The molecule has 5 N–H and O–H groups in total. The number of nitrogens with two attached hydrogens (primary N) is 1. The predicted octanol–water partition coefficient (Wildman–Crippen LogP) is -3.05. The summed E-state index contributed by atoms with van der Waals surface area (Å²) in [4.78, 5) is 10.7. The lowest BCUT2D eigenvalue weighted by Crippen LogP contribution is -2.60. The summed E-state index contributed by atoms with van der Waals surface area (Å²) >= 11 is 0. The van der Waals surface area contributed by atoms with Gasteiger partial charge in [-0.25, -0.2) is 4.79 Å². The van der Waals surface area contributed by atoms with Crippen LogP contribution in [0.2, 0.25) is 0 Å². The van der Waals surface area contributed by atoms with Crippen LogP contribution in [-0.2, 0) is 9.53 Å². The molecule has 1 fully saturated rings. The number of rotatable bonds is 1. The van der Waals surface area contributed by atoms with Gasteiger partial charge in [0.15, 0.2) is 12.2 Å². The third-order valence-corrected chi connectivity index (χ3v) is 1.83. The smallest absolute Gasteiger partial charge is 0.337 e. The summed E-state index contributed by atoms with van der Waals surface area (Å²) in [6, 6.07) is -1.09. The van der Waals surface area contributed by atoms with Crippen LogP contribution in [0.5, 0.6) is 0 Å². The molecular weight excluding hydrogens is 166 g/mol. The predicted molar refractivity (Wildman–Crippen MR) is 37.0 cm³/mol. The minimum absolute atomic E-state index is 0.507. The zero-order valence-corrected chi connectivity index (χ0v) is 6.25. The first kappa shape index (κ1) is 9.40. The minimum Gasteiger partial charge on any atom is -0.455 e. The number of carbonyl (C=O) groups is 1. The summed E-state index contributed by atoms with van der Waals surface area (Å²) in [5.41, 5.74) is 5.27. The second kappa shape index (κ2) is 3.36. The molecule has 1 heterocycles.